The Balaban J connectivity index is 1.93. The first-order chi connectivity index (χ1) is 11.0. The Labute approximate surface area is 133 Å². The molecule has 1 atom stereocenters. The predicted octanol–water partition coefficient (Wildman–Crippen LogP) is 1.59. The molecule has 3 N–H and O–H groups in total. The maximum Gasteiger partial charge on any atom is 0.278 e. The minimum Gasteiger partial charge on any atom is -0.504 e. The molecule has 1 amide bonds. The fourth-order valence-corrected chi connectivity index (χ4v) is 3.00. The lowest BCUT2D eigenvalue weighted by Gasteiger charge is -2.22. The van der Waals surface area contributed by atoms with Gasteiger partial charge in [-0.3, -0.25) is 4.79 Å². The second kappa shape index (κ2) is 6.00. The Kier molecular flexibility index (Phi) is 4.04. The molecule has 2 aromatic rings. The number of aromatic nitrogens is 2. The molecule has 2 heterocycles. The summed E-state index contributed by atoms with van der Waals surface area (Å²) in [5.41, 5.74) is 6.95. The summed E-state index contributed by atoms with van der Waals surface area (Å²) in [4.78, 5) is 14.3. The first-order valence-corrected chi connectivity index (χ1v) is 7.57. The lowest BCUT2D eigenvalue weighted by molar-refractivity contribution is 0.0731. The highest BCUT2D eigenvalue weighted by atomic mass is 19.1. The Morgan fingerprint density at radius 3 is 3.00 bits per heavy atom. The molecule has 1 aromatic heterocycles. The number of aryl methyl sites for hydroxylation is 1. The predicted molar refractivity (Wildman–Crippen MR) is 83.0 cm³/mol. The second-order valence-electron chi connectivity index (χ2n) is 5.77. The van der Waals surface area contributed by atoms with E-state index >= 15 is 0 Å². The highest BCUT2D eigenvalue weighted by molar-refractivity contribution is 5.95. The van der Waals surface area contributed by atoms with E-state index < -0.39 is 0 Å². The van der Waals surface area contributed by atoms with Crippen LogP contribution in [0.15, 0.2) is 24.4 Å². The van der Waals surface area contributed by atoms with Crippen LogP contribution in [0.25, 0.3) is 5.69 Å². The summed E-state index contributed by atoms with van der Waals surface area (Å²) in [7, 11) is 0. The molecule has 1 saturated heterocycles. The SMILES string of the molecule is Cc1cc(F)ccc1-n1cc(O)c(C(=O)N2CCCC2CN)n1. The van der Waals surface area contributed by atoms with Crippen molar-refractivity contribution >= 4 is 5.91 Å². The highest BCUT2D eigenvalue weighted by Gasteiger charge is 2.31. The fraction of sp³-hybridized carbons (Fsp3) is 0.375. The topological polar surface area (TPSA) is 84.4 Å². The van der Waals surface area contributed by atoms with E-state index in [1.807, 2.05) is 0 Å². The minimum atomic E-state index is -0.346. The van der Waals surface area contributed by atoms with Gasteiger partial charge in [0.25, 0.3) is 5.91 Å². The lowest BCUT2D eigenvalue weighted by Crippen LogP contribution is -2.40. The van der Waals surface area contributed by atoms with Crippen molar-refractivity contribution in [2.75, 3.05) is 13.1 Å². The van der Waals surface area contributed by atoms with Crippen LogP contribution in [0.1, 0.15) is 28.9 Å². The van der Waals surface area contributed by atoms with E-state index in [9.17, 15) is 14.3 Å². The molecule has 7 heteroatoms. The third-order valence-corrected chi connectivity index (χ3v) is 4.21. The molecule has 1 aromatic carbocycles. The van der Waals surface area contributed by atoms with Gasteiger partial charge in [0.05, 0.1) is 11.9 Å². The van der Waals surface area contributed by atoms with Crippen molar-refractivity contribution in [3.05, 3.63) is 41.5 Å². The van der Waals surface area contributed by atoms with E-state index in [0.717, 1.165) is 12.8 Å². The van der Waals surface area contributed by atoms with Gasteiger partial charge in [-0.25, -0.2) is 9.07 Å². The van der Waals surface area contributed by atoms with Crippen LogP contribution >= 0.6 is 0 Å². The lowest BCUT2D eigenvalue weighted by atomic mass is 10.2. The summed E-state index contributed by atoms with van der Waals surface area (Å²) in [6.07, 6.45) is 3.12. The third-order valence-electron chi connectivity index (χ3n) is 4.21. The van der Waals surface area contributed by atoms with Gasteiger partial charge < -0.3 is 15.7 Å². The van der Waals surface area contributed by atoms with Crippen molar-refractivity contribution in [2.24, 2.45) is 5.73 Å². The van der Waals surface area contributed by atoms with Gasteiger partial charge in [0.2, 0.25) is 0 Å². The van der Waals surface area contributed by atoms with E-state index in [4.69, 9.17) is 5.73 Å². The summed E-state index contributed by atoms with van der Waals surface area (Å²) in [6, 6.07) is 4.23. The number of halogens is 1. The zero-order valence-electron chi connectivity index (χ0n) is 12.9. The van der Waals surface area contributed by atoms with Crippen molar-refractivity contribution in [3.8, 4) is 11.4 Å². The minimum absolute atomic E-state index is 0.00549. The Hall–Kier alpha value is -2.41. The molecule has 0 bridgehead atoms. The van der Waals surface area contributed by atoms with Gasteiger partial charge in [-0.1, -0.05) is 0 Å². The van der Waals surface area contributed by atoms with E-state index in [2.05, 4.69) is 5.10 Å². The largest absolute Gasteiger partial charge is 0.504 e. The van der Waals surface area contributed by atoms with E-state index in [-0.39, 0.29) is 29.2 Å². The normalized spacial score (nSPS) is 17.7. The Morgan fingerprint density at radius 2 is 2.30 bits per heavy atom. The molecule has 1 fully saturated rings. The first kappa shape index (κ1) is 15.5. The van der Waals surface area contributed by atoms with Crippen molar-refractivity contribution in [3.63, 3.8) is 0 Å². The molecule has 1 aliphatic rings. The van der Waals surface area contributed by atoms with Crippen molar-refractivity contribution in [1.82, 2.24) is 14.7 Å². The average Bonchev–Trinajstić information content (AvgIpc) is 3.13. The summed E-state index contributed by atoms with van der Waals surface area (Å²) in [5.74, 6) is -0.864. The van der Waals surface area contributed by atoms with Crippen molar-refractivity contribution in [1.29, 1.82) is 0 Å². The zero-order valence-corrected chi connectivity index (χ0v) is 12.9. The zero-order chi connectivity index (χ0) is 16.6. The van der Waals surface area contributed by atoms with E-state index in [1.54, 1.807) is 17.9 Å². The van der Waals surface area contributed by atoms with Gasteiger partial charge in [-0.2, -0.15) is 5.10 Å². The molecule has 6 nitrogen and oxygen atoms in total. The molecular formula is C16H19FN4O2. The number of likely N-dealkylation sites (tertiary alicyclic amines) is 1. The first-order valence-electron chi connectivity index (χ1n) is 7.57. The number of nitrogens with two attached hydrogens (primary N) is 1. The van der Waals surface area contributed by atoms with E-state index in [1.165, 1.54) is 23.0 Å². The van der Waals surface area contributed by atoms with Gasteiger partial charge in [0, 0.05) is 19.1 Å². The summed E-state index contributed by atoms with van der Waals surface area (Å²) in [6.45, 7) is 2.75. The molecular weight excluding hydrogens is 299 g/mol. The molecule has 122 valence electrons. The van der Waals surface area contributed by atoms with Crippen LogP contribution in [0.3, 0.4) is 0 Å². The standard InChI is InChI=1S/C16H19FN4O2/c1-10-7-11(17)4-5-13(10)21-9-14(22)15(19-21)16(23)20-6-2-3-12(20)8-18/h4-5,7,9,12,22H,2-3,6,8,18H2,1H3. The number of nitrogens with zero attached hydrogens (tertiary/aromatic N) is 3. The van der Waals surface area contributed by atoms with Crippen LogP contribution in [-0.4, -0.2) is 44.8 Å². The maximum absolute atomic E-state index is 13.2. The van der Waals surface area contributed by atoms with Gasteiger partial charge >= 0.3 is 0 Å². The van der Waals surface area contributed by atoms with Gasteiger partial charge in [-0.15, -0.1) is 0 Å². The second-order valence-corrected chi connectivity index (χ2v) is 5.77. The summed E-state index contributed by atoms with van der Waals surface area (Å²) >= 11 is 0. The van der Waals surface area contributed by atoms with Crippen molar-refractivity contribution < 1.29 is 14.3 Å². The third kappa shape index (κ3) is 2.79. The van der Waals surface area contributed by atoms with Crippen LogP contribution in [-0.2, 0) is 0 Å². The number of aromatic hydroxyl groups is 1. The molecule has 0 saturated carbocycles. The molecule has 1 unspecified atom stereocenters. The van der Waals surface area contributed by atoms with Crippen LogP contribution in [0, 0.1) is 12.7 Å². The average molecular weight is 318 g/mol. The monoisotopic (exact) mass is 318 g/mol. The highest BCUT2D eigenvalue weighted by Crippen LogP contribution is 2.25. The Bertz CT molecular complexity index is 744. The number of carbonyl (C=O) groups is 1. The number of carbonyl (C=O) groups excluding carboxylic acids is 1. The van der Waals surface area contributed by atoms with Gasteiger partial charge in [0.15, 0.2) is 11.4 Å². The molecule has 0 radical (unpaired) electrons. The summed E-state index contributed by atoms with van der Waals surface area (Å²) in [5, 5.41) is 14.3. The number of rotatable bonds is 3. The number of amides is 1. The number of hydrogen-bond acceptors (Lipinski definition) is 4. The van der Waals surface area contributed by atoms with Gasteiger partial charge in [-0.05, 0) is 43.5 Å². The molecule has 0 spiro atoms. The quantitative estimate of drug-likeness (QED) is 0.900. The van der Waals surface area contributed by atoms with Crippen molar-refractivity contribution in [2.45, 2.75) is 25.8 Å². The van der Waals surface area contributed by atoms with Crippen LogP contribution in [0.5, 0.6) is 5.75 Å². The summed E-state index contributed by atoms with van der Waals surface area (Å²) < 4.78 is 14.6. The molecule has 1 aliphatic heterocycles. The molecule has 0 aliphatic carbocycles. The maximum atomic E-state index is 13.2. The number of benzene rings is 1. The van der Waals surface area contributed by atoms with Crippen LogP contribution < -0.4 is 5.73 Å². The Morgan fingerprint density at radius 1 is 1.52 bits per heavy atom. The van der Waals surface area contributed by atoms with E-state index in [0.29, 0.717) is 24.3 Å². The van der Waals surface area contributed by atoms with Crippen LogP contribution in [0.2, 0.25) is 0 Å². The molecule has 23 heavy (non-hydrogen) atoms. The molecule has 3 rings (SSSR count). The van der Waals surface area contributed by atoms with Crippen LogP contribution in [0.4, 0.5) is 4.39 Å². The smallest absolute Gasteiger partial charge is 0.278 e. The van der Waals surface area contributed by atoms with Gasteiger partial charge in [0.1, 0.15) is 5.82 Å². The fourth-order valence-electron chi connectivity index (χ4n) is 3.00. The number of hydrogen-bond donors (Lipinski definition) is 2.